The second-order valence-corrected chi connectivity index (χ2v) is 3.94. The SMILES string of the molecule is CCC(CC#N)NCc1cc(C)ccc1F. The first-order valence-electron chi connectivity index (χ1n) is 5.52. The third kappa shape index (κ3) is 3.63. The number of nitrogens with zero attached hydrogens (tertiary/aromatic N) is 1. The van der Waals surface area contributed by atoms with Crippen LogP contribution in [-0.4, -0.2) is 6.04 Å². The Hall–Kier alpha value is -1.40. The van der Waals surface area contributed by atoms with Gasteiger partial charge in [-0.15, -0.1) is 0 Å². The van der Waals surface area contributed by atoms with E-state index in [2.05, 4.69) is 11.4 Å². The molecule has 0 bridgehead atoms. The molecular formula is C13H17FN2. The van der Waals surface area contributed by atoms with Gasteiger partial charge in [0.15, 0.2) is 0 Å². The first kappa shape index (κ1) is 12.7. The van der Waals surface area contributed by atoms with E-state index < -0.39 is 0 Å². The number of hydrogen-bond donors (Lipinski definition) is 1. The first-order valence-corrected chi connectivity index (χ1v) is 5.52. The van der Waals surface area contributed by atoms with Gasteiger partial charge in [0.1, 0.15) is 5.82 Å². The lowest BCUT2D eigenvalue weighted by Crippen LogP contribution is -2.27. The quantitative estimate of drug-likeness (QED) is 0.828. The third-order valence-corrected chi connectivity index (χ3v) is 2.61. The molecule has 1 atom stereocenters. The van der Waals surface area contributed by atoms with Gasteiger partial charge in [0.05, 0.1) is 12.5 Å². The second-order valence-electron chi connectivity index (χ2n) is 3.94. The number of rotatable bonds is 5. The number of halogens is 1. The Morgan fingerprint density at radius 3 is 2.88 bits per heavy atom. The molecule has 0 heterocycles. The van der Waals surface area contributed by atoms with Crippen LogP contribution in [0, 0.1) is 24.1 Å². The minimum atomic E-state index is -0.190. The lowest BCUT2D eigenvalue weighted by Gasteiger charge is -2.14. The van der Waals surface area contributed by atoms with Gasteiger partial charge >= 0.3 is 0 Å². The molecule has 0 aliphatic carbocycles. The Morgan fingerprint density at radius 1 is 1.50 bits per heavy atom. The molecule has 0 saturated heterocycles. The van der Waals surface area contributed by atoms with E-state index in [0.29, 0.717) is 18.5 Å². The maximum atomic E-state index is 13.4. The molecule has 0 fully saturated rings. The molecule has 0 aliphatic rings. The van der Waals surface area contributed by atoms with Crippen molar-refractivity contribution in [2.24, 2.45) is 0 Å². The summed E-state index contributed by atoms with van der Waals surface area (Å²) in [5.41, 5.74) is 1.71. The van der Waals surface area contributed by atoms with Crippen LogP contribution in [0.2, 0.25) is 0 Å². The molecule has 0 spiro atoms. The standard InChI is InChI=1S/C13H17FN2/c1-3-12(6-7-15)16-9-11-8-10(2)4-5-13(11)14/h4-5,8,12,16H,3,6,9H2,1-2H3. The number of benzene rings is 1. The van der Waals surface area contributed by atoms with Crippen molar-refractivity contribution in [3.05, 3.63) is 35.1 Å². The fourth-order valence-corrected chi connectivity index (χ4v) is 1.56. The lowest BCUT2D eigenvalue weighted by molar-refractivity contribution is 0.493. The average molecular weight is 220 g/mol. The molecular weight excluding hydrogens is 203 g/mol. The molecule has 2 nitrogen and oxygen atoms in total. The lowest BCUT2D eigenvalue weighted by atomic mass is 10.1. The molecule has 16 heavy (non-hydrogen) atoms. The molecule has 0 aliphatic heterocycles. The molecule has 86 valence electrons. The van der Waals surface area contributed by atoms with Crippen LogP contribution in [0.5, 0.6) is 0 Å². The molecule has 1 rings (SSSR count). The number of nitrogens with one attached hydrogen (secondary N) is 1. The largest absolute Gasteiger partial charge is 0.309 e. The van der Waals surface area contributed by atoms with Crippen LogP contribution in [0.25, 0.3) is 0 Å². The van der Waals surface area contributed by atoms with Crippen molar-refractivity contribution in [1.29, 1.82) is 5.26 Å². The van der Waals surface area contributed by atoms with E-state index in [0.717, 1.165) is 12.0 Å². The van der Waals surface area contributed by atoms with Crippen molar-refractivity contribution < 1.29 is 4.39 Å². The zero-order valence-corrected chi connectivity index (χ0v) is 9.76. The van der Waals surface area contributed by atoms with E-state index in [-0.39, 0.29) is 11.9 Å². The highest BCUT2D eigenvalue weighted by Crippen LogP contribution is 2.10. The van der Waals surface area contributed by atoms with E-state index in [4.69, 9.17) is 5.26 Å². The van der Waals surface area contributed by atoms with Gasteiger partial charge in [0, 0.05) is 18.2 Å². The average Bonchev–Trinajstić information content (AvgIpc) is 2.28. The molecule has 3 heteroatoms. The molecule has 1 aromatic rings. The van der Waals surface area contributed by atoms with Gasteiger partial charge in [-0.3, -0.25) is 0 Å². The van der Waals surface area contributed by atoms with Crippen LogP contribution in [0.3, 0.4) is 0 Å². The summed E-state index contributed by atoms with van der Waals surface area (Å²) in [6, 6.07) is 7.34. The predicted octanol–water partition coefficient (Wildman–Crippen LogP) is 2.92. The van der Waals surface area contributed by atoms with Gasteiger partial charge in [0.2, 0.25) is 0 Å². The Morgan fingerprint density at radius 2 is 2.25 bits per heavy atom. The van der Waals surface area contributed by atoms with Crippen LogP contribution in [0.1, 0.15) is 30.9 Å². The molecule has 0 radical (unpaired) electrons. The maximum Gasteiger partial charge on any atom is 0.127 e. The summed E-state index contributed by atoms with van der Waals surface area (Å²) in [6.07, 6.45) is 1.34. The van der Waals surface area contributed by atoms with Crippen molar-refractivity contribution in [2.75, 3.05) is 0 Å². The maximum absolute atomic E-state index is 13.4. The zero-order chi connectivity index (χ0) is 12.0. The highest BCUT2D eigenvalue weighted by atomic mass is 19.1. The van der Waals surface area contributed by atoms with E-state index in [1.165, 1.54) is 6.07 Å². The molecule has 1 aromatic carbocycles. The van der Waals surface area contributed by atoms with Crippen molar-refractivity contribution in [3.63, 3.8) is 0 Å². The summed E-state index contributed by atoms with van der Waals surface area (Å²) in [7, 11) is 0. The van der Waals surface area contributed by atoms with E-state index in [1.807, 2.05) is 19.9 Å². The van der Waals surface area contributed by atoms with Crippen LogP contribution in [0.15, 0.2) is 18.2 Å². The first-order chi connectivity index (χ1) is 7.67. The smallest absolute Gasteiger partial charge is 0.127 e. The molecule has 0 amide bonds. The Balaban J connectivity index is 2.60. The van der Waals surface area contributed by atoms with E-state index in [9.17, 15) is 4.39 Å². The van der Waals surface area contributed by atoms with Gasteiger partial charge < -0.3 is 5.32 Å². The fourth-order valence-electron chi connectivity index (χ4n) is 1.56. The Labute approximate surface area is 96.1 Å². The van der Waals surface area contributed by atoms with Crippen LogP contribution >= 0.6 is 0 Å². The Kier molecular flexibility index (Phi) is 4.94. The summed E-state index contributed by atoms with van der Waals surface area (Å²) in [5, 5.41) is 11.8. The number of nitriles is 1. The molecule has 0 saturated carbocycles. The van der Waals surface area contributed by atoms with Gasteiger partial charge in [-0.05, 0) is 19.4 Å². The predicted molar refractivity (Wildman–Crippen MR) is 62.3 cm³/mol. The summed E-state index contributed by atoms with van der Waals surface area (Å²) < 4.78 is 13.4. The van der Waals surface area contributed by atoms with Crippen LogP contribution < -0.4 is 5.32 Å². The summed E-state index contributed by atoms with van der Waals surface area (Å²) in [6.45, 7) is 4.44. The van der Waals surface area contributed by atoms with Crippen molar-refractivity contribution in [3.8, 4) is 6.07 Å². The third-order valence-electron chi connectivity index (χ3n) is 2.61. The second kappa shape index (κ2) is 6.24. The van der Waals surface area contributed by atoms with E-state index in [1.54, 1.807) is 6.07 Å². The van der Waals surface area contributed by atoms with Gasteiger partial charge in [0.25, 0.3) is 0 Å². The Bertz CT molecular complexity index is 382. The normalized spacial score (nSPS) is 12.1. The minimum Gasteiger partial charge on any atom is -0.309 e. The van der Waals surface area contributed by atoms with Crippen molar-refractivity contribution in [2.45, 2.75) is 39.3 Å². The van der Waals surface area contributed by atoms with Gasteiger partial charge in [-0.2, -0.15) is 5.26 Å². The minimum absolute atomic E-state index is 0.143. The topological polar surface area (TPSA) is 35.8 Å². The van der Waals surface area contributed by atoms with Crippen molar-refractivity contribution >= 4 is 0 Å². The number of hydrogen-bond acceptors (Lipinski definition) is 2. The highest BCUT2D eigenvalue weighted by molar-refractivity contribution is 5.23. The van der Waals surface area contributed by atoms with Gasteiger partial charge in [-0.25, -0.2) is 4.39 Å². The van der Waals surface area contributed by atoms with Crippen LogP contribution in [-0.2, 0) is 6.54 Å². The molecule has 1 unspecified atom stereocenters. The summed E-state index contributed by atoms with van der Waals surface area (Å²) in [4.78, 5) is 0. The zero-order valence-electron chi connectivity index (χ0n) is 9.76. The van der Waals surface area contributed by atoms with Gasteiger partial charge in [-0.1, -0.05) is 24.6 Å². The molecule has 1 N–H and O–H groups in total. The highest BCUT2D eigenvalue weighted by Gasteiger charge is 2.07. The van der Waals surface area contributed by atoms with Crippen LogP contribution in [0.4, 0.5) is 4.39 Å². The monoisotopic (exact) mass is 220 g/mol. The fraction of sp³-hybridized carbons (Fsp3) is 0.462. The van der Waals surface area contributed by atoms with Crippen molar-refractivity contribution in [1.82, 2.24) is 5.32 Å². The van der Waals surface area contributed by atoms with E-state index >= 15 is 0 Å². The molecule has 0 aromatic heterocycles. The number of aryl methyl sites for hydroxylation is 1. The summed E-state index contributed by atoms with van der Waals surface area (Å²) in [5.74, 6) is -0.190. The summed E-state index contributed by atoms with van der Waals surface area (Å²) >= 11 is 0.